The molecule has 10 nitrogen and oxygen atoms in total. The first-order valence-corrected chi connectivity index (χ1v) is 9.88. The van der Waals surface area contributed by atoms with Crippen LogP contribution in [0.2, 0.25) is 0 Å². The van der Waals surface area contributed by atoms with Crippen LogP contribution in [-0.4, -0.2) is 48.2 Å². The standard InChI is InChI=1S/C19H14N2O8S2/c1-9-2-3-10(6-12(9)21(27)28)14-5-4-11(29-14)7-15-17(24)20(19(30)31-15)13(18(25)26)8-16(22)23/h2-7,13H,8H2,1H3,(H,22,23)(H,25,26)/b15-7+. The number of benzene rings is 1. The molecule has 1 aliphatic heterocycles. The number of carbonyl (C=O) groups excluding carboxylic acids is 1. The van der Waals surface area contributed by atoms with E-state index in [1.54, 1.807) is 31.2 Å². The average molecular weight is 462 g/mol. The Morgan fingerprint density at radius 1 is 1.32 bits per heavy atom. The molecule has 1 saturated heterocycles. The van der Waals surface area contributed by atoms with Gasteiger partial charge in [-0.2, -0.15) is 0 Å². The number of nitro benzene ring substituents is 1. The maximum absolute atomic E-state index is 12.7. The minimum atomic E-state index is -1.63. The van der Waals surface area contributed by atoms with Crippen molar-refractivity contribution in [1.82, 2.24) is 4.90 Å². The Morgan fingerprint density at radius 2 is 2.03 bits per heavy atom. The molecule has 1 aliphatic rings. The number of thiocarbonyl (C=S) groups is 1. The molecule has 2 aromatic rings. The lowest BCUT2D eigenvalue weighted by Gasteiger charge is -2.21. The predicted octanol–water partition coefficient (Wildman–Crippen LogP) is 3.29. The molecule has 1 unspecified atom stereocenters. The molecule has 3 rings (SSSR count). The molecule has 2 heterocycles. The molecule has 1 aromatic heterocycles. The van der Waals surface area contributed by atoms with Crippen LogP contribution >= 0.6 is 24.0 Å². The molecule has 1 fully saturated rings. The van der Waals surface area contributed by atoms with Crippen LogP contribution in [0.1, 0.15) is 17.7 Å². The number of carboxylic acid groups (broad SMARTS) is 2. The van der Waals surface area contributed by atoms with Gasteiger partial charge in [-0.1, -0.05) is 36.1 Å². The van der Waals surface area contributed by atoms with Gasteiger partial charge < -0.3 is 14.6 Å². The van der Waals surface area contributed by atoms with Crippen molar-refractivity contribution in [2.45, 2.75) is 19.4 Å². The number of carboxylic acids is 2. The van der Waals surface area contributed by atoms with Crippen LogP contribution in [0.15, 0.2) is 39.7 Å². The number of carbonyl (C=O) groups is 3. The summed E-state index contributed by atoms with van der Waals surface area (Å²) in [7, 11) is 0. The third-order valence-electron chi connectivity index (χ3n) is 4.38. The van der Waals surface area contributed by atoms with Crippen molar-refractivity contribution in [3.05, 3.63) is 56.7 Å². The van der Waals surface area contributed by atoms with Gasteiger partial charge in [-0.3, -0.25) is 24.6 Å². The minimum absolute atomic E-state index is 0.0607. The van der Waals surface area contributed by atoms with Crippen molar-refractivity contribution in [1.29, 1.82) is 0 Å². The van der Waals surface area contributed by atoms with Crippen molar-refractivity contribution < 1.29 is 33.9 Å². The molecular weight excluding hydrogens is 448 g/mol. The zero-order valence-corrected chi connectivity index (χ0v) is 17.4. The van der Waals surface area contributed by atoms with Gasteiger partial charge in [0.2, 0.25) is 0 Å². The summed E-state index contributed by atoms with van der Waals surface area (Å²) in [5, 5.41) is 29.4. The number of nitro groups is 1. The van der Waals surface area contributed by atoms with Crippen molar-refractivity contribution in [2.75, 3.05) is 0 Å². The number of hydrogen-bond donors (Lipinski definition) is 2. The average Bonchev–Trinajstić information content (AvgIpc) is 3.25. The van der Waals surface area contributed by atoms with Gasteiger partial charge in [-0.25, -0.2) is 4.79 Å². The van der Waals surface area contributed by atoms with E-state index in [1.165, 1.54) is 12.1 Å². The second kappa shape index (κ2) is 8.70. The molecule has 1 aromatic carbocycles. The Bertz CT molecular complexity index is 1150. The number of rotatable bonds is 7. The molecule has 12 heteroatoms. The molecule has 1 atom stereocenters. The SMILES string of the molecule is Cc1ccc(-c2ccc(/C=C3/SC(=S)N(C(CC(=O)O)C(=O)O)C3=O)o2)cc1[N+](=O)[O-]. The van der Waals surface area contributed by atoms with Gasteiger partial charge in [0.25, 0.3) is 11.6 Å². The second-order valence-corrected chi connectivity index (χ2v) is 8.14. The highest BCUT2D eigenvalue weighted by molar-refractivity contribution is 8.26. The van der Waals surface area contributed by atoms with Crippen molar-refractivity contribution in [3.63, 3.8) is 0 Å². The summed E-state index contributed by atoms with van der Waals surface area (Å²) in [6, 6.07) is 6.12. The quantitative estimate of drug-likeness (QED) is 0.271. The van der Waals surface area contributed by atoms with Crippen LogP contribution < -0.4 is 0 Å². The minimum Gasteiger partial charge on any atom is -0.481 e. The number of hydrogen-bond acceptors (Lipinski definition) is 8. The molecule has 1 amide bonds. The summed E-state index contributed by atoms with van der Waals surface area (Å²) in [6.45, 7) is 1.62. The number of nitrogens with zero attached hydrogens (tertiary/aromatic N) is 2. The van der Waals surface area contributed by atoms with Crippen LogP contribution in [0.4, 0.5) is 5.69 Å². The van der Waals surface area contributed by atoms with E-state index in [0.717, 1.165) is 16.7 Å². The topological polar surface area (TPSA) is 151 Å². The molecule has 2 N–H and O–H groups in total. The van der Waals surface area contributed by atoms with Crippen LogP contribution in [0.5, 0.6) is 0 Å². The first kappa shape index (κ1) is 22.2. The van der Waals surface area contributed by atoms with Gasteiger partial charge in [0.05, 0.1) is 16.2 Å². The van der Waals surface area contributed by atoms with Gasteiger partial charge >= 0.3 is 11.9 Å². The Labute approximate surface area is 184 Å². The number of furan rings is 1. The lowest BCUT2D eigenvalue weighted by atomic mass is 10.1. The van der Waals surface area contributed by atoms with E-state index < -0.39 is 35.2 Å². The van der Waals surface area contributed by atoms with E-state index in [4.69, 9.17) is 21.7 Å². The van der Waals surface area contributed by atoms with Crippen LogP contribution in [-0.2, 0) is 14.4 Å². The number of thioether (sulfide) groups is 1. The van der Waals surface area contributed by atoms with Gasteiger partial charge in [0.1, 0.15) is 21.9 Å². The largest absolute Gasteiger partial charge is 0.481 e. The summed E-state index contributed by atoms with van der Waals surface area (Å²) in [6.07, 6.45) is 0.553. The van der Waals surface area contributed by atoms with Gasteiger partial charge in [-0.15, -0.1) is 0 Å². The third kappa shape index (κ3) is 4.64. The molecule has 31 heavy (non-hydrogen) atoms. The van der Waals surface area contributed by atoms with Crippen LogP contribution in [0.25, 0.3) is 17.4 Å². The summed E-state index contributed by atoms with van der Waals surface area (Å²) in [4.78, 5) is 46.5. The Hall–Kier alpha value is -3.51. The van der Waals surface area contributed by atoms with Crippen molar-refractivity contribution in [2.24, 2.45) is 0 Å². The van der Waals surface area contributed by atoms with E-state index in [-0.39, 0.29) is 20.7 Å². The van der Waals surface area contributed by atoms with Gasteiger partial charge in [0.15, 0.2) is 0 Å². The lowest BCUT2D eigenvalue weighted by molar-refractivity contribution is -0.385. The number of aryl methyl sites for hydroxylation is 1. The van der Waals surface area contributed by atoms with Crippen molar-refractivity contribution in [3.8, 4) is 11.3 Å². The molecular formula is C19H14N2O8S2. The highest BCUT2D eigenvalue weighted by atomic mass is 32.2. The fourth-order valence-electron chi connectivity index (χ4n) is 2.88. The van der Waals surface area contributed by atoms with E-state index in [2.05, 4.69) is 0 Å². The smallest absolute Gasteiger partial charge is 0.327 e. The Kier molecular flexibility index (Phi) is 6.22. The van der Waals surface area contributed by atoms with Crippen LogP contribution in [0, 0.1) is 17.0 Å². The normalized spacial score (nSPS) is 16.0. The summed E-state index contributed by atoms with van der Waals surface area (Å²) >= 11 is 5.89. The first-order valence-electron chi connectivity index (χ1n) is 8.65. The Morgan fingerprint density at radius 3 is 2.65 bits per heavy atom. The fraction of sp³-hybridized carbons (Fsp3) is 0.158. The number of aliphatic carboxylic acids is 2. The molecule has 0 aliphatic carbocycles. The lowest BCUT2D eigenvalue weighted by Crippen LogP contribution is -2.45. The summed E-state index contributed by atoms with van der Waals surface area (Å²) < 4.78 is 5.58. The maximum atomic E-state index is 12.7. The second-order valence-electron chi connectivity index (χ2n) is 6.46. The number of amides is 1. The van der Waals surface area contributed by atoms with E-state index in [9.17, 15) is 29.6 Å². The zero-order chi connectivity index (χ0) is 22.9. The van der Waals surface area contributed by atoms with E-state index in [0.29, 0.717) is 16.9 Å². The molecule has 0 radical (unpaired) electrons. The van der Waals surface area contributed by atoms with Crippen LogP contribution in [0.3, 0.4) is 0 Å². The van der Waals surface area contributed by atoms with E-state index in [1.807, 2.05) is 0 Å². The van der Waals surface area contributed by atoms with E-state index >= 15 is 0 Å². The summed E-state index contributed by atoms with van der Waals surface area (Å²) in [5.41, 5.74) is 0.907. The van der Waals surface area contributed by atoms with Gasteiger partial charge in [0, 0.05) is 23.3 Å². The Balaban J connectivity index is 1.88. The highest BCUT2D eigenvalue weighted by Gasteiger charge is 2.41. The zero-order valence-electron chi connectivity index (χ0n) is 15.8. The molecule has 0 bridgehead atoms. The first-order chi connectivity index (χ1) is 14.6. The molecule has 160 valence electrons. The third-order valence-corrected chi connectivity index (χ3v) is 5.71. The monoisotopic (exact) mass is 462 g/mol. The maximum Gasteiger partial charge on any atom is 0.327 e. The van der Waals surface area contributed by atoms with Gasteiger partial charge in [-0.05, 0) is 19.1 Å². The predicted molar refractivity (Wildman–Crippen MR) is 114 cm³/mol. The highest BCUT2D eigenvalue weighted by Crippen LogP contribution is 2.36. The molecule has 0 spiro atoms. The molecule has 0 saturated carbocycles. The fourth-order valence-corrected chi connectivity index (χ4v) is 4.21. The van der Waals surface area contributed by atoms with Crippen molar-refractivity contribution >= 4 is 57.9 Å². The summed E-state index contributed by atoms with van der Waals surface area (Å²) in [5.74, 6) is -3.04.